The number of rotatable bonds is 5. The maximum Gasteiger partial charge on any atom is 0.329 e. The number of aliphatic carboxylic acids is 1. The molecule has 0 bridgehead atoms. The molecule has 1 aromatic carbocycles. The van der Waals surface area contributed by atoms with Crippen LogP contribution in [0.15, 0.2) is 30.3 Å². The molecule has 1 N–H and O–H groups in total. The van der Waals surface area contributed by atoms with Gasteiger partial charge in [-0.05, 0) is 12.1 Å². The van der Waals surface area contributed by atoms with Gasteiger partial charge >= 0.3 is 5.97 Å². The molecule has 0 saturated carbocycles. The summed E-state index contributed by atoms with van der Waals surface area (Å²) in [5, 5.41) is 10.6. The van der Waals surface area contributed by atoms with Gasteiger partial charge in [-0.3, -0.25) is 14.4 Å². The maximum absolute atomic E-state index is 12.6. The summed E-state index contributed by atoms with van der Waals surface area (Å²) in [7, 11) is 0. The Morgan fingerprint density at radius 1 is 1.18 bits per heavy atom. The molecule has 0 aromatic heterocycles. The minimum Gasteiger partial charge on any atom is -0.480 e. The van der Waals surface area contributed by atoms with Crippen LogP contribution in [0.5, 0.6) is 0 Å². The highest BCUT2D eigenvalue weighted by Crippen LogP contribution is 2.21. The Morgan fingerprint density at radius 3 is 2.18 bits per heavy atom. The van der Waals surface area contributed by atoms with Gasteiger partial charge in [0.1, 0.15) is 0 Å². The Morgan fingerprint density at radius 2 is 1.73 bits per heavy atom. The summed E-state index contributed by atoms with van der Waals surface area (Å²) in [6.07, 6.45) is -0.0906. The van der Waals surface area contributed by atoms with E-state index in [1.165, 1.54) is 12.1 Å². The van der Waals surface area contributed by atoms with Crippen LogP contribution in [0.4, 0.5) is 0 Å². The third-order valence-corrected chi connectivity index (χ3v) is 3.57. The summed E-state index contributed by atoms with van der Waals surface area (Å²) < 4.78 is 0. The third kappa shape index (κ3) is 2.96. The highest BCUT2D eigenvalue weighted by Gasteiger charge is 2.42. The average Bonchev–Trinajstić information content (AvgIpc) is 2.84. The van der Waals surface area contributed by atoms with Gasteiger partial charge in [-0.1, -0.05) is 18.2 Å². The number of imide groups is 1. The smallest absolute Gasteiger partial charge is 0.329 e. The van der Waals surface area contributed by atoms with Crippen molar-refractivity contribution in [2.45, 2.75) is 18.9 Å². The molecule has 0 aliphatic carbocycles. The lowest BCUT2D eigenvalue weighted by molar-refractivity contribution is -0.161. The number of benzene rings is 1. The average molecular weight is 322 g/mol. The molecule has 0 radical (unpaired) electrons. The lowest BCUT2D eigenvalue weighted by Gasteiger charge is -2.33. The molecule has 2 rings (SSSR count). The molecule has 1 atom stereocenters. The second-order valence-electron chi connectivity index (χ2n) is 4.65. The van der Waals surface area contributed by atoms with Gasteiger partial charge in [-0.15, -0.1) is 0 Å². The first-order chi connectivity index (χ1) is 10.5. The van der Waals surface area contributed by atoms with Gasteiger partial charge in [0.25, 0.3) is 5.91 Å². The van der Waals surface area contributed by atoms with Crippen LogP contribution in [-0.4, -0.2) is 50.6 Å². The fraction of sp³-hybridized carbons (Fsp3) is 0.286. The molecule has 0 spiro atoms. The van der Waals surface area contributed by atoms with Gasteiger partial charge in [-0.25, -0.2) is 9.80 Å². The van der Waals surface area contributed by atoms with E-state index in [0.29, 0.717) is 10.0 Å². The van der Waals surface area contributed by atoms with Crippen LogP contribution in [0.3, 0.4) is 0 Å². The van der Waals surface area contributed by atoms with Gasteiger partial charge < -0.3 is 5.11 Å². The van der Waals surface area contributed by atoms with Crippen molar-refractivity contribution in [3.05, 3.63) is 35.9 Å². The second kappa shape index (κ2) is 6.61. The number of hydrogen-bond donors (Lipinski definition) is 2. The predicted octanol–water partition coefficient (Wildman–Crippen LogP) is 0.576. The van der Waals surface area contributed by atoms with Gasteiger partial charge in [0.05, 0.1) is 0 Å². The molecule has 1 aliphatic rings. The fourth-order valence-electron chi connectivity index (χ4n) is 2.15. The van der Waals surface area contributed by atoms with E-state index in [0.717, 1.165) is 0 Å². The Bertz CT molecular complexity index is 603. The van der Waals surface area contributed by atoms with Crippen molar-refractivity contribution < 1.29 is 24.3 Å². The molecule has 1 fully saturated rings. The summed E-state index contributed by atoms with van der Waals surface area (Å²) in [5.41, 5.74) is 0.183. The number of carbonyl (C=O) groups is 4. The molecule has 8 heteroatoms. The monoisotopic (exact) mass is 322 g/mol. The van der Waals surface area contributed by atoms with E-state index >= 15 is 0 Å². The highest BCUT2D eigenvalue weighted by molar-refractivity contribution is 7.80. The van der Waals surface area contributed by atoms with Crippen LogP contribution in [-0.2, 0) is 14.4 Å². The van der Waals surface area contributed by atoms with Crippen molar-refractivity contribution in [2.24, 2.45) is 0 Å². The molecule has 1 aliphatic heterocycles. The first-order valence-corrected chi connectivity index (χ1v) is 7.18. The Labute approximate surface area is 131 Å². The van der Waals surface area contributed by atoms with Crippen molar-refractivity contribution in [3.63, 3.8) is 0 Å². The van der Waals surface area contributed by atoms with Gasteiger partial charge in [-0.2, -0.15) is 17.6 Å². The Hall–Kier alpha value is -2.35. The van der Waals surface area contributed by atoms with Crippen LogP contribution in [0, 0.1) is 0 Å². The number of hydrazine groups is 1. The fourth-order valence-corrected chi connectivity index (χ4v) is 2.46. The number of carbonyl (C=O) groups excluding carboxylic acids is 3. The van der Waals surface area contributed by atoms with E-state index in [9.17, 15) is 24.3 Å². The first kappa shape index (κ1) is 16.0. The molecule has 1 aromatic rings. The molecule has 3 amide bonds. The van der Waals surface area contributed by atoms with E-state index in [-0.39, 0.29) is 24.2 Å². The zero-order chi connectivity index (χ0) is 16.3. The van der Waals surface area contributed by atoms with Crippen LogP contribution in [0.2, 0.25) is 0 Å². The third-order valence-electron chi connectivity index (χ3n) is 3.22. The first-order valence-electron chi connectivity index (χ1n) is 6.55. The largest absolute Gasteiger partial charge is 0.480 e. The number of carboxylic acids is 1. The van der Waals surface area contributed by atoms with E-state index in [4.69, 9.17) is 0 Å². The molecule has 1 heterocycles. The summed E-state index contributed by atoms with van der Waals surface area (Å²) in [4.78, 5) is 47.8. The van der Waals surface area contributed by atoms with Gasteiger partial charge in [0.2, 0.25) is 11.8 Å². The maximum atomic E-state index is 12.6. The number of hydrogen-bond acceptors (Lipinski definition) is 5. The van der Waals surface area contributed by atoms with E-state index in [1.807, 2.05) is 0 Å². The summed E-state index contributed by atoms with van der Waals surface area (Å²) in [6, 6.07) is 6.46. The predicted molar refractivity (Wildman–Crippen MR) is 79.0 cm³/mol. The van der Waals surface area contributed by atoms with Crippen molar-refractivity contribution in [2.75, 3.05) is 5.75 Å². The second-order valence-corrected chi connectivity index (χ2v) is 5.02. The van der Waals surface area contributed by atoms with Crippen molar-refractivity contribution in [1.29, 1.82) is 0 Å². The number of nitrogens with zero attached hydrogens (tertiary/aromatic N) is 2. The quantitative estimate of drug-likeness (QED) is 0.611. The molecule has 1 saturated heterocycles. The van der Waals surface area contributed by atoms with Crippen molar-refractivity contribution in [3.8, 4) is 0 Å². The minimum atomic E-state index is -1.41. The van der Waals surface area contributed by atoms with E-state index < -0.39 is 29.7 Å². The molecular weight excluding hydrogens is 308 g/mol. The lowest BCUT2D eigenvalue weighted by Crippen LogP contribution is -2.57. The molecule has 7 nitrogen and oxygen atoms in total. The number of amides is 3. The Balaban J connectivity index is 2.46. The summed E-state index contributed by atoms with van der Waals surface area (Å²) >= 11 is 3.93. The zero-order valence-electron chi connectivity index (χ0n) is 11.5. The number of carboxylic acid groups (broad SMARTS) is 1. The SMILES string of the molecule is O=C(O)[C@H](CS)N(C(=O)c1ccccc1)N1C(=O)CCC1=O. The Kier molecular flexibility index (Phi) is 4.81. The molecule has 0 unspecified atom stereocenters. The van der Waals surface area contributed by atoms with Crippen molar-refractivity contribution >= 4 is 36.3 Å². The van der Waals surface area contributed by atoms with Crippen LogP contribution < -0.4 is 0 Å². The minimum absolute atomic E-state index is 0.0453. The van der Waals surface area contributed by atoms with Crippen molar-refractivity contribution in [1.82, 2.24) is 10.0 Å². The number of thiol groups is 1. The lowest BCUT2D eigenvalue weighted by atomic mass is 10.2. The molecule has 22 heavy (non-hydrogen) atoms. The topological polar surface area (TPSA) is 95.0 Å². The summed E-state index contributed by atoms with van der Waals surface area (Å²) in [5.74, 6) is -3.49. The van der Waals surface area contributed by atoms with E-state index in [1.54, 1.807) is 18.2 Å². The zero-order valence-corrected chi connectivity index (χ0v) is 12.4. The van der Waals surface area contributed by atoms with Crippen LogP contribution >= 0.6 is 12.6 Å². The van der Waals surface area contributed by atoms with Gasteiger partial charge in [0.15, 0.2) is 6.04 Å². The van der Waals surface area contributed by atoms with Crippen LogP contribution in [0.25, 0.3) is 0 Å². The normalized spacial score (nSPS) is 15.8. The molecular formula is C14H14N2O5S. The molecule has 116 valence electrons. The van der Waals surface area contributed by atoms with E-state index in [2.05, 4.69) is 12.6 Å². The highest BCUT2D eigenvalue weighted by atomic mass is 32.1. The van der Waals surface area contributed by atoms with Crippen LogP contribution in [0.1, 0.15) is 23.2 Å². The standard InChI is InChI=1S/C14H14N2O5S/c17-11-6-7-12(18)16(11)15(10(8-22)14(20)21)13(19)9-4-2-1-3-5-9/h1-5,10,22H,6-8H2,(H,20,21)/t10-/m0/s1. The summed E-state index contributed by atoms with van der Waals surface area (Å²) in [6.45, 7) is 0. The van der Waals surface area contributed by atoms with Gasteiger partial charge in [0, 0.05) is 24.2 Å².